The molecule has 3 aromatic rings. The first-order valence-corrected chi connectivity index (χ1v) is 9.87. The van der Waals surface area contributed by atoms with Gasteiger partial charge in [0.1, 0.15) is 18.2 Å². The standard InChI is InChI=1S/C18H16N2O3S2/c21-17(19-12-5-6-14-15(9-12)23-8-7-22-14)10-24-11-18-20-13-3-1-2-4-16(13)25-18/h1-6,9H,7-8,10-11H2,(H,19,21). The van der Waals surface area contributed by atoms with Gasteiger partial charge in [0.05, 0.1) is 16.0 Å². The van der Waals surface area contributed by atoms with Gasteiger partial charge in [-0.1, -0.05) is 12.1 Å². The molecule has 4 rings (SSSR count). The lowest BCUT2D eigenvalue weighted by molar-refractivity contribution is -0.113. The molecule has 1 N–H and O–H groups in total. The van der Waals surface area contributed by atoms with E-state index in [0.29, 0.717) is 24.7 Å². The molecule has 1 aromatic heterocycles. The minimum Gasteiger partial charge on any atom is -0.486 e. The summed E-state index contributed by atoms with van der Waals surface area (Å²) in [6.07, 6.45) is 0. The van der Waals surface area contributed by atoms with Crippen molar-refractivity contribution in [2.45, 2.75) is 5.75 Å². The van der Waals surface area contributed by atoms with Crippen LogP contribution in [0.15, 0.2) is 42.5 Å². The number of aromatic nitrogens is 1. The summed E-state index contributed by atoms with van der Waals surface area (Å²) >= 11 is 3.23. The van der Waals surface area contributed by atoms with Crippen molar-refractivity contribution in [1.29, 1.82) is 0 Å². The van der Waals surface area contributed by atoms with Crippen LogP contribution in [0.4, 0.5) is 5.69 Å². The number of benzene rings is 2. The van der Waals surface area contributed by atoms with Crippen LogP contribution < -0.4 is 14.8 Å². The molecule has 0 fully saturated rings. The second-order valence-electron chi connectivity index (χ2n) is 5.47. The van der Waals surface area contributed by atoms with Gasteiger partial charge >= 0.3 is 0 Å². The maximum atomic E-state index is 12.1. The van der Waals surface area contributed by atoms with E-state index < -0.39 is 0 Å². The SMILES string of the molecule is O=C(CSCc1nc2ccccc2s1)Nc1ccc2c(c1)OCCO2. The maximum Gasteiger partial charge on any atom is 0.234 e. The summed E-state index contributed by atoms with van der Waals surface area (Å²) in [5, 5.41) is 3.93. The molecule has 2 heterocycles. The molecule has 2 aromatic carbocycles. The van der Waals surface area contributed by atoms with Gasteiger partial charge in [0.15, 0.2) is 11.5 Å². The number of thioether (sulfide) groups is 1. The fourth-order valence-corrected chi connectivity index (χ4v) is 4.38. The van der Waals surface area contributed by atoms with Crippen LogP contribution in [0, 0.1) is 0 Å². The Kier molecular flexibility index (Phi) is 4.76. The first-order valence-electron chi connectivity index (χ1n) is 7.90. The number of nitrogens with zero attached hydrogens (tertiary/aromatic N) is 1. The number of hydrogen-bond donors (Lipinski definition) is 1. The van der Waals surface area contributed by atoms with Crippen molar-refractivity contribution >= 4 is 44.9 Å². The van der Waals surface area contributed by atoms with E-state index in [1.54, 1.807) is 29.2 Å². The summed E-state index contributed by atoms with van der Waals surface area (Å²) < 4.78 is 12.2. The van der Waals surface area contributed by atoms with Crippen molar-refractivity contribution in [1.82, 2.24) is 4.98 Å². The Bertz CT molecular complexity index is 877. The Morgan fingerprint density at radius 1 is 1.16 bits per heavy atom. The first-order chi connectivity index (χ1) is 12.3. The summed E-state index contributed by atoms with van der Waals surface area (Å²) in [5.74, 6) is 2.46. The highest BCUT2D eigenvalue weighted by molar-refractivity contribution is 7.99. The minimum atomic E-state index is -0.0391. The second kappa shape index (κ2) is 7.33. The highest BCUT2D eigenvalue weighted by Gasteiger charge is 2.13. The molecule has 0 unspecified atom stereocenters. The lowest BCUT2D eigenvalue weighted by atomic mass is 10.2. The van der Waals surface area contributed by atoms with E-state index in [-0.39, 0.29) is 5.91 Å². The van der Waals surface area contributed by atoms with Gasteiger partial charge in [-0.15, -0.1) is 23.1 Å². The summed E-state index contributed by atoms with van der Waals surface area (Å²) in [6, 6.07) is 13.5. The monoisotopic (exact) mass is 372 g/mol. The molecule has 1 aliphatic heterocycles. The third-order valence-electron chi connectivity index (χ3n) is 3.62. The zero-order chi connectivity index (χ0) is 17.1. The predicted octanol–water partition coefficient (Wildman–Crippen LogP) is 3.94. The molecule has 7 heteroatoms. The molecule has 0 bridgehead atoms. The molecule has 0 atom stereocenters. The highest BCUT2D eigenvalue weighted by Crippen LogP contribution is 2.32. The maximum absolute atomic E-state index is 12.1. The predicted molar refractivity (Wildman–Crippen MR) is 102 cm³/mol. The van der Waals surface area contributed by atoms with Crippen molar-refractivity contribution in [3.8, 4) is 11.5 Å². The number of anilines is 1. The molecular weight excluding hydrogens is 356 g/mol. The molecule has 128 valence electrons. The van der Waals surface area contributed by atoms with Crippen molar-refractivity contribution < 1.29 is 14.3 Å². The van der Waals surface area contributed by atoms with Crippen molar-refractivity contribution in [2.24, 2.45) is 0 Å². The normalized spacial score (nSPS) is 13.0. The number of amides is 1. The Morgan fingerprint density at radius 2 is 2.00 bits per heavy atom. The number of rotatable bonds is 5. The van der Waals surface area contributed by atoms with E-state index in [0.717, 1.165) is 27.7 Å². The van der Waals surface area contributed by atoms with Crippen LogP contribution in [0.25, 0.3) is 10.2 Å². The Balaban J connectivity index is 1.30. The summed E-state index contributed by atoms with van der Waals surface area (Å²) in [4.78, 5) is 16.7. The van der Waals surface area contributed by atoms with E-state index in [1.165, 1.54) is 4.70 Å². The molecule has 5 nitrogen and oxygen atoms in total. The number of para-hydroxylation sites is 1. The number of nitrogens with one attached hydrogen (secondary N) is 1. The van der Waals surface area contributed by atoms with Gasteiger partial charge in [0.2, 0.25) is 5.91 Å². The van der Waals surface area contributed by atoms with Crippen molar-refractivity contribution in [2.75, 3.05) is 24.3 Å². The van der Waals surface area contributed by atoms with Gasteiger partial charge in [-0.3, -0.25) is 4.79 Å². The average Bonchev–Trinajstić information content (AvgIpc) is 3.04. The van der Waals surface area contributed by atoms with Gasteiger partial charge in [0.25, 0.3) is 0 Å². The third kappa shape index (κ3) is 3.88. The summed E-state index contributed by atoms with van der Waals surface area (Å²) in [6.45, 7) is 1.09. The van der Waals surface area contributed by atoms with E-state index in [2.05, 4.69) is 16.4 Å². The van der Waals surface area contributed by atoms with Crippen molar-refractivity contribution in [3.63, 3.8) is 0 Å². The zero-order valence-electron chi connectivity index (χ0n) is 13.4. The van der Waals surface area contributed by atoms with Gasteiger partial charge in [-0.05, 0) is 24.3 Å². The van der Waals surface area contributed by atoms with Crippen LogP contribution in [0.5, 0.6) is 11.5 Å². The van der Waals surface area contributed by atoms with Crippen LogP contribution >= 0.6 is 23.1 Å². The van der Waals surface area contributed by atoms with E-state index in [9.17, 15) is 4.79 Å². The number of hydrogen-bond acceptors (Lipinski definition) is 6. The average molecular weight is 372 g/mol. The summed E-state index contributed by atoms with van der Waals surface area (Å²) in [5.41, 5.74) is 1.73. The highest BCUT2D eigenvalue weighted by atomic mass is 32.2. The first kappa shape index (κ1) is 16.2. The molecule has 0 spiro atoms. The molecule has 0 aliphatic carbocycles. The second-order valence-corrected chi connectivity index (χ2v) is 7.58. The quantitative estimate of drug-likeness (QED) is 0.735. The zero-order valence-corrected chi connectivity index (χ0v) is 15.0. The van der Waals surface area contributed by atoms with Crippen molar-refractivity contribution in [3.05, 3.63) is 47.5 Å². The van der Waals surface area contributed by atoms with Crippen LogP contribution in [-0.2, 0) is 10.5 Å². The fourth-order valence-electron chi connectivity index (χ4n) is 2.53. The molecular formula is C18H16N2O3S2. The van der Waals surface area contributed by atoms with Gasteiger partial charge in [-0.2, -0.15) is 0 Å². The number of carbonyl (C=O) groups is 1. The van der Waals surface area contributed by atoms with Gasteiger partial charge < -0.3 is 14.8 Å². The van der Waals surface area contributed by atoms with Crippen LogP contribution in [0.2, 0.25) is 0 Å². The smallest absolute Gasteiger partial charge is 0.234 e. The van der Waals surface area contributed by atoms with Gasteiger partial charge in [0, 0.05) is 17.5 Å². The molecule has 0 saturated heterocycles. The Morgan fingerprint density at radius 3 is 2.88 bits per heavy atom. The lowest BCUT2D eigenvalue weighted by Crippen LogP contribution is -2.17. The van der Waals surface area contributed by atoms with E-state index >= 15 is 0 Å². The fraction of sp³-hybridized carbons (Fsp3) is 0.222. The largest absolute Gasteiger partial charge is 0.486 e. The third-order valence-corrected chi connectivity index (χ3v) is 5.79. The molecule has 0 radical (unpaired) electrons. The van der Waals surface area contributed by atoms with E-state index in [4.69, 9.17) is 9.47 Å². The number of fused-ring (bicyclic) bond motifs is 2. The van der Waals surface area contributed by atoms with Crippen LogP contribution in [0.3, 0.4) is 0 Å². The van der Waals surface area contributed by atoms with Crippen LogP contribution in [0.1, 0.15) is 5.01 Å². The number of ether oxygens (including phenoxy) is 2. The van der Waals surface area contributed by atoms with Crippen LogP contribution in [-0.4, -0.2) is 29.9 Å². The topological polar surface area (TPSA) is 60.5 Å². The minimum absolute atomic E-state index is 0.0391. The molecule has 0 saturated carbocycles. The number of carbonyl (C=O) groups excluding carboxylic acids is 1. The van der Waals surface area contributed by atoms with E-state index in [1.807, 2.05) is 30.3 Å². The summed E-state index contributed by atoms with van der Waals surface area (Å²) in [7, 11) is 0. The molecule has 1 amide bonds. The molecule has 1 aliphatic rings. The Hall–Kier alpha value is -2.25. The Labute approximate surface area is 153 Å². The number of thiazole rings is 1. The van der Waals surface area contributed by atoms with Gasteiger partial charge in [-0.25, -0.2) is 4.98 Å². The lowest BCUT2D eigenvalue weighted by Gasteiger charge is -2.18. The molecule has 25 heavy (non-hydrogen) atoms.